The minimum Gasteiger partial charge on any atom is -0.329 e. The average molecular weight is 419 g/mol. The van der Waals surface area contributed by atoms with Crippen LogP contribution in [0.1, 0.15) is 23.1 Å². The number of hydrazine groups is 1. The van der Waals surface area contributed by atoms with Crippen LogP contribution in [0.25, 0.3) is 21.8 Å². The van der Waals surface area contributed by atoms with Gasteiger partial charge in [-0.15, -0.1) is 11.8 Å². The molecule has 0 spiro atoms. The number of aromatic nitrogens is 2. The van der Waals surface area contributed by atoms with Crippen molar-refractivity contribution >= 4 is 45.4 Å². The summed E-state index contributed by atoms with van der Waals surface area (Å²) in [6.07, 6.45) is 0. The maximum Gasteiger partial charge on any atom is 0.269 e. The van der Waals surface area contributed by atoms with E-state index >= 15 is 0 Å². The normalized spacial score (nSPS) is 11.0. The highest BCUT2D eigenvalue weighted by atomic mass is 32.2. The number of amides is 2. The van der Waals surface area contributed by atoms with Crippen molar-refractivity contribution in [1.29, 1.82) is 0 Å². The molecule has 0 fully saturated rings. The molecule has 0 aliphatic carbocycles. The third kappa shape index (κ3) is 4.16. The van der Waals surface area contributed by atoms with Crippen molar-refractivity contribution in [2.24, 2.45) is 0 Å². The van der Waals surface area contributed by atoms with Crippen molar-refractivity contribution in [2.45, 2.75) is 25.3 Å². The summed E-state index contributed by atoms with van der Waals surface area (Å²) in [5.41, 5.74) is 7.16. The summed E-state index contributed by atoms with van der Waals surface area (Å²) in [6.45, 7) is 4.82. The number of benzene rings is 3. The summed E-state index contributed by atoms with van der Waals surface area (Å²) < 4.78 is 2.09. The lowest BCUT2D eigenvalue weighted by Gasteiger charge is -2.08. The van der Waals surface area contributed by atoms with Crippen molar-refractivity contribution in [3.05, 3.63) is 72.1 Å². The van der Waals surface area contributed by atoms with Crippen molar-refractivity contribution < 1.29 is 9.59 Å². The minimum atomic E-state index is -0.371. The molecule has 4 rings (SSSR count). The summed E-state index contributed by atoms with van der Waals surface area (Å²) in [4.78, 5) is 30.1. The number of nitrogens with zero attached hydrogens (tertiary/aromatic N) is 2. The van der Waals surface area contributed by atoms with E-state index in [0.29, 0.717) is 5.56 Å². The van der Waals surface area contributed by atoms with Gasteiger partial charge in [0.1, 0.15) is 5.82 Å². The minimum absolute atomic E-state index is 0.206. The first kappa shape index (κ1) is 20.0. The van der Waals surface area contributed by atoms with E-state index in [4.69, 9.17) is 0 Å². The lowest BCUT2D eigenvalue weighted by atomic mass is 10.1. The molecule has 30 heavy (non-hydrogen) atoms. The zero-order chi connectivity index (χ0) is 21.1. The molecule has 0 radical (unpaired) electrons. The number of rotatable bonds is 5. The SMILES string of the molecule is CCn1c(C)nc2cc(C(=O)NNC(=O)CSc3ccc4ccccc4c3)ccc21. The first-order valence-electron chi connectivity index (χ1n) is 9.73. The van der Waals surface area contributed by atoms with Crippen molar-refractivity contribution in [1.82, 2.24) is 20.4 Å². The standard InChI is InChI=1S/C23H22N4O2S/c1-3-27-15(2)24-20-13-18(9-11-21(20)27)23(29)26-25-22(28)14-30-19-10-8-16-6-4-5-7-17(16)12-19/h4-13H,3,14H2,1-2H3,(H,25,28)(H,26,29). The Kier molecular flexibility index (Phi) is 5.72. The Hall–Kier alpha value is -3.32. The fourth-order valence-corrected chi connectivity index (χ4v) is 4.18. The van der Waals surface area contributed by atoms with Crippen LogP contribution in [0.15, 0.2) is 65.6 Å². The zero-order valence-corrected chi connectivity index (χ0v) is 17.6. The molecule has 2 N–H and O–H groups in total. The van der Waals surface area contributed by atoms with Crippen molar-refractivity contribution in [3.8, 4) is 0 Å². The lowest BCUT2D eigenvalue weighted by Crippen LogP contribution is -2.42. The average Bonchev–Trinajstić information content (AvgIpc) is 3.09. The lowest BCUT2D eigenvalue weighted by molar-refractivity contribution is -0.119. The van der Waals surface area contributed by atoms with Gasteiger partial charge in [-0.05, 0) is 55.0 Å². The van der Waals surface area contributed by atoms with Crippen LogP contribution in [0.4, 0.5) is 0 Å². The molecule has 0 saturated heterocycles. The second-order valence-corrected chi connectivity index (χ2v) is 7.96. The molecule has 7 heteroatoms. The van der Waals surface area contributed by atoms with Gasteiger partial charge in [0.2, 0.25) is 5.91 Å². The second kappa shape index (κ2) is 8.59. The maximum atomic E-state index is 12.4. The Balaban J connectivity index is 1.33. The van der Waals surface area contributed by atoms with Crippen molar-refractivity contribution in [3.63, 3.8) is 0 Å². The zero-order valence-electron chi connectivity index (χ0n) is 16.8. The monoisotopic (exact) mass is 418 g/mol. The fraction of sp³-hybridized carbons (Fsp3) is 0.174. The number of carbonyl (C=O) groups is 2. The highest BCUT2D eigenvalue weighted by Gasteiger charge is 2.12. The molecule has 0 aliphatic rings. The number of imidazole rings is 1. The molecule has 0 aliphatic heterocycles. The van der Waals surface area contributed by atoms with Crippen LogP contribution in [0, 0.1) is 6.92 Å². The van der Waals surface area contributed by atoms with Crippen LogP contribution >= 0.6 is 11.8 Å². The smallest absolute Gasteiger partial charge is 0.269 e. The number of fused-ring (bicyclic) bond motifs is 2. The quantitative estimate of drug-likeness (QED) is 0.378. The van der Waals surface area contributed by atoms with Gasteiger partial charge in [0.05, 0.1) is 16.8 Å². The molecular weight excluding hydrogens is 396 g/mol. The van der Waals surface area contributed by atoms with E-state index in [1.54, 1.807) is 12.1 Å². The van der Waals surface area contributed by atoms with E-state index < -0.39 is 0 Å². The predicted octanol–water partition coefficient (Wildman–Crippen LogP) is 4.07. The van der Waals surface area contributed by atoms with Gasteiger partial charge in [-0.25, -0.2) is 4.98 Å². The second-order valence-electron chi connectivity index (χ2n) is 6.91. The molecule has 0 unspecified atom stereocenters. The molecule has 1 aromatic heterocycles. The molecule has 1 heterocycles. The van der Waals surface area contributed by atoms with Crippen LogP contribution in [0.3, 0.4) is 0 Å². The van der Waals surface area contributed by atoms with E-state index in [0.717, 1.165) is 39.1 Å². The van der Waals surface area contributed by atoms with Gasteiger partial charge in [-0.2, -0.15) is 0 Å². The summed E-state index contributed by atoms with van der Waals surface area (Å²) in [5.74, 6) is 0.472. The van der Waals surface area contributed by atoms with Gasteiger partial charge >= 0.3 is 0 Å². The van der Waals surface area contributed by atoms with Gasteiger partial charge in [0.25, 0.3) is 5.91 Å². The Morgan fingerprint density at radius 1 is 1.00 bits per heavy atom. The Labute approximate surface area is 178 Å². The van der Waals surface area contributed by atoms with Gasteiger partial charge in [0.15, 0.2) is 0 Å². The van der Waals surface area contributed by atoms with Crippen LogP contribution < -0.4 is 10.9 Å². The van der Waals surface area contributed by atoms with Gasteiger partial charge in [-0.1, -0.05) is 30.3 Å². The van der Waals surface area contributed by atoms with Crippen LogP contribution in [-0.4, -0.2) is 27.1 Å². The van der Waals surface area contributed by atoms with Gasteiger partial charge in [-0.3, -0.25) is 20.4 Å². The number of thioether (sulfide) groups is 1. The molecule has 0 bridgehead atoms. The molecule has 0 atom stereocenters. The van der Waals surface area contributed by atoms with E-state index in [1.165, 1.54) is 11.8 Å². The number of nitrogens with one attached hydrogen (secondary N) is 2. The van der Waals surface area contributed by atoms with E-state index in [1.807, 2.05) is 43.3 Å². The van der Waals surface area contributed by atoms with Crippen LogP contribution in [0.5, 0.6) is 0 Å². The Morgan fingerprint density at radius 2 is 1.80 bits per heavy atom. The first-order valence-corrected chi connectivity index (χ1v) is 10.7. The van der Waals surface area contributed by atoms with Crippen molar-refractivity contribution in [2.75, 3.05) is 5.75 Å². The molecule has 3 aromatic carbocycles. The first-order chi connectivity index (χ1) is 14.5. The summed E-state index contributed by atoms with van der Waals surface area (Å²) in [7, 11) is 0. The van der Waals surface area contributed by atoms with E-state index in [9.17, 15) is 9.59 Å². The molecule has 4 aromatic rings. The Morgan fingerprint density at radius 3 is 2.60 bits per heavy atom. The highest BCUT2D eigenvalue weighted by molar-refractivity contribution is 8.00. The number of aryl methyl sites for hydroxylation is 2. The number of hydrogen-bond donors (Lipinski definition) is 2. The molecule has 152 valence electrons. The maximum absolute atomic E-state index is 12.4. The highest BCUT2D eigenvalue weighted by Crippen LogP contribution is 2.23. The molecule has 6 nitrogen and oxygen atoms in total. The molecular formula is C23H22N4O2S. The van der Waals surface area contributed by atoms with E-state index in [-0.39, 0.29) is 17.6 Å². The van der Waals surface area contributed by atoms with Crippen LogP contribution in [-0.2, 0) is 11.3 Å². The third-order valence-electron chi connectivity index (χ3n) is 4.92. The molecule has 0 saturated carbocycles. The third-order valence-corrected chi connectivity index (χ3v) is 5.92. The predicted molar refractivity (Wildman–Crippen MR) is 120 cm³/mol. The summed E-state index contributed by atoms with van der Waals surface area (Å²) in [5, 5.41) is 2.29. The number of carbonyl (C=O) groups excluding carboxylic acids is 2. The fourth-order valence-electron chi connectivity index (χ4n) is 3.43. The summed E-state index contributed by atoms with van der Waals surface area (Å²) in [6, 6.07) is 19.5. The molecule has 2 amide bonds. The summed E-state index contributed by atoms with van der Waals surface area (Å²) >= 11 is 1.42. The number of hydrogen-bond acceptors (Lipinski definition) is 4. The van der Waals surface area contributed by atoms with Gasteiger partial charge in [0, 0.05) is 17.0 Å². The topological polar surface area (TPSA) is 76.0 Å². The Bertz CT molecular complexity index is 1250. The largest absolute Gasteiger partial charge is 0.329 e. The van der Waals surface area contributed by atoms with Gasteiger partial charge < -0.3 is 4.57 Å². The van der Waals surface area contributed by atoms with E-state index in [2.05, 4.69) is 39.5 Å². The van der Waals surface area contributed by atoms with Crippen LogP contribution in [0.2, 0.25) is 0 Å².